The van der Waals surface area contributed by atoms with E-state index in [4.69, 9.17) is 4.52 Å². The maximum atomic E-state index is 9.60. The quantitative estimate of drug-likeness (QED) is 0.670. The molecule has 0 atom stereocenters. The van der Waals surface area contributed by atoms with Crippen molar-refractivity contribution in [3.63, 3.8) is 0 Å². The van der Waals surface area contributed by atoms with Crippen LogP contribution < -0.4 is 0 Å². The molecule has 0 bridgehead atoms. The lowest BCUT2D eigenvalue weighted by atomic mass is 10.1. The van der Waals surface area contributed by atoms with Crippen LogP contribution >= 0.6 is 0 Å². The van der Waals surface area contributed by atoms with Crippen LogP contribution in [-0.2, 0) is 0 Å². The van der Waals surface area contributed by atoms with Crippen LogP contribution in [0.15, 0.2) is 47.0 Å². The molecule has 1 heterocycles. The Labute approximate surface area is 96.7 Å². The predicted octanol–water partition coefficient (Wildman–Crippen LogP) is 2.91. The predicted molar refractivity (Wildman–Crippen MR) is 62.8 cm³/mol. The third-order valence-electron chi connectivity index (χ3n) is 2.60. The minimum absolute atomic E-state index is 0.0569. The van der Waals surface area contributed by atoms with E-state index in [2.05, 4.69) is 5.16 Å². The van der Waals surface area contributed by atoms with Gasteiger partial charge in [0.15, 0.2) is 5.75 Å². The number of hydrogen-bond acceptors (Lipinski definition) is 4. The van der Waals surface area contributed by atoms with Crippen LogP contribution in [0.25, 0.3) is 22.2 Å². The highest BCUT2D eigenvalue weighted by Gasteiger charge is 2.12. The first-order valence-corrected chi connectivity index (χ1v) is 5.12. The van der Waals surface area contributed by atoms with E-state index in [1.165, 1.54) is 0 Å². The molecule has 0 amide bonds. The number of phenolic OH excluding ortho intramolecular Hbond substituents is 2. The zero-order chi connectivity index (χ0) is 11.8. The summed E-state index contributed by atoms with van der Waals surface area (Å²) in [7, 11) is 0. The number of phenols is 2. The fourth-order valence-electron chi connectivity index (χ4n) is 1.81. The monoisotopic (exact) mass is 227 g/mol. The van der Waals surface area contributed by atoms with Gasteiger partial charge in [0.25, 0.3) is 0 Å². The fraction of sp³-hybridized carbons (Fsp3) is 0. The van der Waals surface area contributed by atoms with Gasteiger partial charge >= 0.3 is 0 Å². The van der Waals surface area contributed by atoms with Crippen molar-refractivity contribution in [2.75, 3.05) is 0 Å². The van der Waals surface area contributed by atoms with Gasteiger partial charge in [0, 0.05) is 5.56 Å². The molecule has 4 heteroatoms. The summed E-state index contributed by atoms with van der Waals surface area (Å²) < 4.78 is 5.09. The number of benzene rings is 2. The lowest BCUT2D eigenvalue weighted by Gasteiger charge is -1.97. The topological polar surface area (TPSA) is 66.5 Å². The van der Waals surface area contributed by atoms with Crippen LogP contribution in [0.1, 0.15) is 0 Å². The summed E-state index contributed by atoms with van der Waals surface area (Å²) in [5, 5.41) is 23.7. The van der Waals surface area contributed by atoms with E-state index >= 15 is 0 Å². The van der Waals surface area contributed by atoms with Crippen LogP contribution in [-0.4, -0.2) is 15.4 Å². The first-order chi connectivity index (χ1) is 8.25. The van der Waals surface area contributed by atoms with E-state index in [0.29, 0.717) is 11.3 Å². The standard InChI is InChI=1S/C13H9NO3/c15-9-4-1-3-8(7-9)12-10-5-2-6-11(16)13(10)17-14-12/h1-7,15-16H. The summed E-state index contributed by atoms with van der Waals surface area (Å²) >= 11 is 0. The van der Waals surface area contributed by atoms with Crippen LogP contribution in [0.5, 0.6) is 11.5 Å². The molecule has 0 spiro atoms. The molecule has 0 radical (unpaired) electrons. The third-order valence-corrected chi connectivity index (χ3v) is 2.60. The summed E-state index contributed by atoms with van der Waals surface area (Å²) in [6.07, 6.45) is 0. The summed E-state index contributed by atoms with van der Waals surface area (Å²) in [6.45, 7) is 0. The molecule has 4 nitrogen and oxygen atoms in total. The number of fused-ring (bicyclic) bond motifs is 1. The van der Waals surface area contributed by atoms with Gasteiger partial charge < -0.3 is 14.7 Å². The summed E-state index contributed by atoms with van der Waals surface area (Å²) in [5.74, 6) is 0.222. The Morgan fingerprint density at radius 2 is 1.82 bits per heavy atom. The van der Waals surface area contributed by atoms with Crippen LogP contribution in [0.2, 0.25) is 0 Å². The van der Waals surface area contributed by atoms with Gasteiger partial charge in [-0.1, -0.05) is 23.4 Å². The van der Waals surface area contributed by atoms with Crippen molar-refractivity contribution in [1.29, 1.82) is 0 Å². The van der Waals surface area contributed by atoms with Crippen LogP contribution in [0, 0.1) is 0 Å². The van der Waals surface area contributed by atoms with Crippen molar-refractivity contribution in [3.05, 3.63) is 42.5 Å². The van der Waals surface area contributed by atoms with Crippen molar-refractivity contribution < 1.29 is 14.7 Å². The van der Waals surface area contributed by atoms with Crippen molar-refractivity contribution in [2.24, 2.45) is 0 Å². The van der Waals surface area contributed by atoms with Crippen molar-refractivity contribution >= 4 is 11.0 Å². The molecular formula is C13H9NO3. The number of hydrogen-bond donors (Lipinski definition) is 2. The zero-order valence-electron chi connectivity index (χ0n) is 8.79. The maximum absolute atomic E-state index is 9.60. The van der Waals surface area contributed by atoms with Crippen molar-refractivity contribution in [1.82, 2.24) is 5.16 Å². The van der Waals surface area contributed by atoms with Crippen molar-refractivity contribution in [2.45, 2.75) is 0 Å². The number of para-hydroxylation sites is 1. The number of aromatic hydroxyl groups is 2. The van der Waals surface area contributed by atoms with Gasteiger partial charge in [-0.05, 0) is 24.3 Å². The second-order valence-electron chi connectivity index (χ2n) is 3.74. The molecule has 0 saturated carbocycles. The molecule has 84 valence electrons. The summed E-state index contributed by atoms with van der Waals surface area (Å²) in [6, 6.07) is 11.8. The Bertz CT molecular complexity index is 688. The normalized spacial score (nSPS) is 10.8. The second-order valence-corrected chi connectivity index (χ2v) is 3.74. The summed E-state index contributed by atoms with van der Waals surface area (Å²) in [5.41, 5.74) is 1.70. The second kappa shape index (κ2) is 3.52. The van der Waals surface area contributed by atoms with Crippen LogP contribution in [0.3, 0.4) is 0 Å². The van der Waals surface area contributed by atoms with E-state index in [0.717, 1.165) is 10.9 Å². The Morgan fingerprint density at radius 1 is 1.00 bits per heavy atom. The summed E-state index contributed by atoms with van der Waals surface area (Å²) in [4.78, 5) is 0. The van der Waals surface area contributed by atoms with Gasteiger partial charge in [-0.3, -0.25) is 0 Å². The average molecular weight is 227 g/mol. The molecule has 2 N–H and O–H groups in total. The number of nitrogens with zero attached hydrogens (tertiary/aromatic N) is 1. The van der Waals surface area contributed by atoms with E-state index in [9.17, 15) is 10.2 Å². The SMILES string of the molecule is Oc1cccc(-c2noc3c(O)cccc23)c1. The smallest absolute Gasteiger partial charge is 0.209 e. The maximum Gasteiger partial charge on any atom is 0.209 e. The molecule has 0 fully saturated rings. The molecule has 0 saturated heterocycles. The Kier molecular flexibility index (Phi) is 2.01. The number of aromatic nitrogens is 1. The van der Waals surface area contributed by atoms with E-state index in [1.807, 2.05) is 12.1 Å². The molecule has 0 aliphatic rings. The molecule has 0 unspecified atom stereocenters. The van der Waals surface area contributed by atoms with E-state index in [1.54, 1.807) is 30.3 Å². The minimum atomic E-state index is 0.0569. The average Bonchev–Trinajstić information content (AvgIpc) is 2.74. The Morgan fingerprint density at radius 3 is 2.65 bits per heavy atom. The first kappa shape index (κ1) is 9.72. The number of rotatable bonds is 1. The lowest BCUT2D eigenvalue weighted by Crippen LogP contribution is -1.77. The molecule has 0 aliphatic heterocycles. The first-order valence-electron chi connectivity index (χ1n) is 5.12. The molecule has 3 rings (SSSR count). The third kappa shape index (κ3) is 1.50. The van der Waals surface area contributed by atoms with E-state index in [-0.39, 0.29) is 11.5 Å². The fourth-order valence-corrected chi connectivity index (χ4v) is 1.81. The Balaban J connectivity index is 2.28. The molecule has 3 aromatic rings. The van der Waals surface area contributed by atoms with Gasteiger partial charge in [0.1, 0.15) is 11.4 Å². The van der Waals surface area contributed by atoms with Gasteiger partial charge in [0.2, 0.25) is 5.58 Å². The molecule has 2 aromatic carbocycles. The van der Waals surface area contributed by atoms with Gasteiger partial charge in [-0.25, -0.2) is 0 Å². The van der Waals surface area contributed by atoms with Gasteiger partial charge in [-0.2, -0.15) is 0 Å². The highest BCUT2D eigenvalue weighted by molar-refractivity contribution is 5.94. The van der Waals surface area contributed by atoms with E-state index < -0.39 is 0 Å². The Hall–Kier alpha value is -2.49. The highest BCUT2D eigenvalue weighted by Crippen LogP contribution is 2.33. The van der Waals surface area contributed by atoms with Crippen molar-refractivity contribution in [3.8, 4) is 22.8 Å². The van der Waals surface area contributed by atoms with Crippen LogP contribution in [0.4, 0.5) is 0 Å². The molecule has 0 aliphatic carbocycles. The highest BCUT2D eigenvalue weighted by atomic mass is 16.5. The lowest BCUT2D eigenvalue weighted by molar-refractivity contribution is 0.424. The van der Waals surface area contributed by atoms with Gasteiger partial charge in [0.05, 0.1) is 5.39 Å². The molecule has 1 aromatic heterocycles. The zero-order valence-corrected chi connectivity index (χ0v) is 8.79. The largest absolute Gasteiger partial charge is 0.508 e. The van der Waals surface area contributed by atoms with Gasteiger partial charge in [-0.15, -0.1) is 0 Å². The molecular weight excluding hydrogens is 218 g/mol. The minimum Gasteiger partial charge on any atom is -0.508 e. The molecule has 17 heavy (non-hydrogen) atoms.